The van der Waals surface area contributed by atoms with Crippen molar-refractivity contribution in [1.82, 2.24) is 10.2 Å². The Labute approximate surface area is 118 Å². The second-order valence-electron chi connectivity index (χ2n) is 5.48. The van der Waals surface area contributed by atoms with E-state index in [9.17, 15) is 9.59 Å². The van der Waals surface area contributed by atoms with Gasteiger partial charge in [0.1, 0.15) is 6.04 Å². The van der Waals surface area contributed by atoms with Gasteiger partial charge in [-0.1, -0.05) is 13.8 Å². The molecule has 2 heterocycles. The average Bonchev–Trinajstić information content (AvgIpc) is 3.05. The molecule has 2 aliphatic rings. The smallest absolute Gasteiger partial charge is 0.407 e. The lowest BCUT2D eigenvalue weighted by atomic mass is 10.0. The Morgan fingerprint density at radius 1 is 1.30 bits per heavy atom. The first-order valence-electron chi connectivity index (χ1n) is 6.88. The summed E-state index contributed by atoms with van der Waals surface area (Å²) in [6, 6.07) is -0.598. The van der Waals surface area contributed by atoms with Crippen molar-refractivity contribution in [3.05, 3.63) is 0 Å². The summed E-state index contributed by atoms with van der Waals surface area (Å²) < 4.78 is 15.8. The normalized spacial score (nSPS) is 22.3. The zero-order valence-electron chi connectivity index (χ0n) is 12.2. The molecule has 7 heteroatoms. The molecule has 0 radical (unpaired) electrons. The van der Waals surface area contributed by atoms with E-state index in [1.165, 1.54) is 7.11 Å². The number of ether oxygens (including phenoxy) is 3. The molecule has 2 amide bonds. The Morgan fingerprint density at radius 2 is 1.95 bits per heavy atom. The van der Waals surface area contributed by atoms with E-state index in [1.807, 2.05) is 13.8 Å². The molecule has 0 saturated carbocycles. The van der Waals surface area contributed by atoms with Gasteiger partial charge in [-0.15, -0.1) is 0 Å². The molecular weight excluding hydrogens is 264 g/mol. The van der Waals surface area contributed by atoms with Gasteiger partial charge >= 0.3 is 6.09 Å². The molecule has 1 atom stereocenters. The largest absolute Gasteiger partial charge is 0.453 e. The van der Waals surface area contributed by atoms with Crippen LogP contribution in [-0.4, -0.2) is 62.1 Å². The van der Waals surface area contributed by atoms with Crippen LogP contribution in [0.2, 0.25) is 0 Å². The van der Waals surface area contributed by atoms with E-state index in [2.05, 4.69) is 10.1 Å². The number of nitrogens with one attached hydrogen (secondary N) is 1. The maximum atomic E-state index is 12.5. The van der Waals surface area contributed by atoms with E-state index >= 15 is 0 Å². The lowest BCUT2D eigenvalue weighted by Gasteiger charge is -2.27. The van der Waals surface area contributed by atoms with Gasteiger partial charge in [0.15, 0.2) is 5.79 Å². The van der Waals surface area contributed by atoms with Gasteiger partial charge in [-0.25, -0.2) is 4.79 Å². The van der Waals surface area contributed by atoms with Gasteiger partial charge in [0, 0.05) is 13.0 Å². The molecule has 2 saturated heterocycles. The van der Waals surface area contributed by atoms with Crippen molar-refractivity contribution >= 4 is 12.0 Å². The van der Waals surface area contributed by atoms with Crippen LogP contribution in [0, 0.1) is 5.92 Å². The van der Waals surface area contributed by atoms with Crippen LogP contribution in [-0.2, 0) is 19.0 Å². The van der Waals surface area contributed by atoms with Crippen molar-refractivity contribution in [2.24, 2.45) is 5.92 Å². The van der Waals surface area contributed by atoms with Crippen molar-refractivity contribution < 1.29 is 23.8 Å². The lowest BCUT2D eigenvalue weighted by Crippen LogP contribution is -2.51. The van der Waals surface area contributed by atoms with Crippen LogP contribution in [0.4, 0.5) is 4.79 Å². The molecule has 2 rings (SSSR count). The zero-order chi connectivity index (χ0) is 14.8. The van der Waals surface area contributed by atoms with Crippen LogP contribution in [0.5, 0.6) is 0 Å². The number of hydrogen-bond acceptors (Lipinski definition) is 5. The van der Waals surface area contributed by atoms with Crippen molar-refractivity contribution in [1.29, 1.82) is 0 Å². The number of hydrogen-bond donors (Lipinski definition) is 1. The molecule has 114 valence electrons. The molecule has 0 aliphatic carbocycles. The number of likely N-dealkylation sites (tertiary alicyclic amines) is 1. The molecule has 7 nitrogen and oxygen atoms in total. The summed E-state index contributed by atoms with van der Waals surface area (Å²) in [4.78, 5) is 25.6. The first-order chi connectivity index (χ1) is 9.47. The monoisotopic (exact) mass is 286 g/mol. The van der Waals surface area contributed by atoms with E-state index < -0.39 is 17.9 Å². The fourth-order valence-corrected chi connectivity index (χ4v) is 2.57. The molecule has 1 spiro atoms. The second kappa shape index (κ2) is 5.97. The summed E-state index contributed by atoms with van der Waals surface area (Å²) in [6.07, 6.45) is 0.0706. The lowest BCUT2D eigenvalue weighted by molar-refractivity contribution is -0.153. The fourth-order valence-electron chi connectivity index (χ4n) is 2.57. The first kappa shape index (κ1) is 15.1. The van der Waals surface area contributed by atoms with Crippen LogP contribution in [0.15, 0.2) is 0 Å². The third-order valence-electron chi connectivity index (χ3n) is 3.71. The maximum Gasteiger partial charge on any atom is 0.407 e. The predicted octanol–water partition coefficient (Wildman–Crippen LogP) is 0.342. The Balaban J connectivity index is 1.99. The highest BCUT2D eigenvalue weighted by Gasteiger charge is 2.46. The number of carbonyl (C=O) groups is 2. The van der Waals surface area contributed by atoms with Gasteiger partial charge < -0.3 is 24.4 Å². The third-order valence-corrected chi connectivity index (χ3v) is 3.71. The van der Waals surface area contributed by atoms with Crippen molar-refractivity contribution in [2.75, 3.05) is 33.4 Å². The zero-order valence-corrected chi connectivity index (χ0v) is 12.2. The van der Waals surface area contributed by atoms with E-state index in [4.69, 9.17) is 9.47 Å². The Hall–Kier alpha value is -1.34. The molecule has 20 heavy (non-hydrogen) atoms. The summed E-state index contributed by atoms with van der Waals surface area (Å²) >= 11 is 0. The standard InChI is InChI=1S/C13H22N2O5/c1-9(2)10(14-12(17)18-3)11(16)15-5-4-13(8-15)19-6-7-20-13/h9-10H,4-8H2,1-3H3,(H,14,17)/t10-/m0/s1. The van der Waals surface area contributed by atoms with Crippen molar-refractivity contribution in [2.45, 2.75) is 32.1 Å². The van der Waals surface area contributed by atoms with Crippen LogP contribution >= 0.6 is 0 Å². The fraction of sp³-hybridized carbons (Fsp3) is 0.846. The molecule has 0 unspecified atom stereocenters. The predicted molar refractivity (Wildman–Crippen MR) is 70.0 cm³/mol. The molecule has 0 aromatic heterocycles. The Kier molecular flexibility index (Phi) is 4.49. The summed E-state index contributed by atoms with van der Waals surface area (Å²) in [5.74, 6) is -0.785. The van der Waals surface area contributed by atoms with Gasteiger partial charge in [0.2, 0.25) is 5.91 Å². The minimum absolute atomic E-state index is 0.0245. The van der Waals surface area contributed by atoms with Gasteiger partial charge in [0.25, 0.3) is 0 Å². The number of rotatable bonds is 3. The molecule has 2 aliphatic heterocycles. The van der Waals surface area contributed by atoms with Crippen molar-refractivity contribution in [3.8, 4) is 0 Å². The minimum atomic E-state index is -0.636. The van der Waals surface area contributed by atoms with Gasteiger partial charge in [0.05, 0.1) is 26.9 Å². The molecule has 2 fully saturated rings. The first-order valence-corrected chi connectivity index (χ1v) is 6.88. The van der Waals surface area contributed by atoms with Crippen LogP contribution < -0.4 is 5.32 Å². The highest BCUT2D eigenvalue weighted by atomic mass is 16.7. The van der Waals surface area contributed by atoms with Gasteiger partial charge in [-0.2, -0.15) is 0 Å². The molecule has 1 N–H and O–H groups in total. The number of methoxy groups -OCH3 is 1. The number of alkyl carbamates (subject to hydrolysis) is 1. The van der Waals surface area contributed by atoms with Crippen LogP contribution in [0.3, 0.4) is 0 Å². The number of carbonyl (C=O) groups excluding carboxylic acids is 2. The van der Waals surface area contributed by atoms with Gasteiger partial charge in [-0.05, 0) is 5.92 Å². The second-order valence-corrected chi connectivity index (χ2v) is 5.48. The topological polar surface area (TPSA) is 77.1 Å². The number of nitrogens with zero attached hydrogens (tertiary/aromatic N) is 1. The van der Waals surface area contributed by atoms with Crippen LogP contribution in [0.1, 0.15) is 20.3 Å². The highest BCUT2D eigenvalue weighted by Crippen LogP contribution is 2.31. The third kappa shape index (κ3) is 3.04. The molecule has 0 aromatic rings. The summed E-state index contributed by atoms with van der Waals surface area (Å²) in [7, 11) is 1.28. The van der Waals surface area contributed by atoms with E-state index in [1.54, 1.807) is 4.90 Å². The summed E-state index contributed by atoms with van der Waals surface area (Å²) in [6.45, 7) is 5.88. The average molecular weight is 286 g/mol. The summed E-state index contributed by atoms with van der Waals surface area (Å²) in [5.41, 5.74) is 0. The SMILES string of the molecule is COC(=O)N[C@H](C(=O)N1CCC2(C1)OCCO2)C(C)C. The van der Waals surface area contributed by atoms with E-state index in [-0.39, 0.29) is 11.8 Å². The quantitative estimate of drug-likeness (QED) is 0.809. The Bertz CT molecular complexity index is 379. The summed E-state index contributed by atoms with van der Waals surface area (Å²) in [5, 5.41) is 2.59. The molecule has 0 bridgehead atoms. The minimum Gasteiger partial charge on any atom is -0.453 e. The van der Waals surface area contributed by atoms with E-state index in [0.717, 1.165) is 0 Å². The van der Waals surface area contributed by atoms with E-state index in [0.29, 0.717) is 32.7 Å². The maximum absolute atomic E-state index is 12.5. The van der Waals surface area contributed by atoms with Crippen molar-refractivity contribution in [3.63, 3.8) is 0 Å². The Morgan fingerprint density at radius 3 is 2.50 bits per heavy atom. The molecule has 0 aromatic carbocycles. The molecular formula is C13H22N2O5. The van der Waals surface area contributed by atoms with Gasteiger partial charge in [-0.3, -0.25) is 4.79 Å². The number of amides is 2. The van der Waals surface area contributed by atoms with Crippen LogP contribution in [0.25, 0.3) is 0 Å². The highest BCUT2D eigenvalue weighted by molar-refractivity contribution is 5.86.